The molecule has 0 atom stereocenters. The summed E-state index contributed by atoms with van der Waals surface area (Å²) in [4.78, 5) is 0. The van der Waals surface area contributed by atoms with Gasteiger partial charge in [0, 0.05) is 23.8 Å². The van der Waals surface area contributed by atoms with Gasteiger partial charge in [0.2, 0.25) is 0 Å². The van der Waals surface area contributed by atoms with Crippen molar-refractivity contribution in [3.63, 3.8) is 0 Å². The zero-order valence-corrected chi connectivity index (χ0v) is 12.1. The summed E-state index contributed by atoms with van der Waals surface area (Å²) in [5.41, 5.74) is 6.04. The van der Waals surface area contributed by atoms with Crippen molar-refractivity contribution >= 4 is 10.0 Å². The average molecular weight is 314 g/mol. The Hall–Kier alpha value is -1.13. The van der Waals surface area contributed by atoms with Gasteiger partial charge in [-0.3, -0.25) is 5.10 Å². The Morgan fingerprint density at radius 2 is 1.95 bits per heavy atom. The lowest BCUT2D eigenvalue weighted by Crippen LogP contribution is -2.43. The molecule has 0 amide bonds. The van der Waals surface area contributed by atoms with Gasteiger partial charge in [-0.25, -0.2) is 8.42 Å². The Kier molecular flexibility index (Phi) is 4.82. The molecule has 0 bridgehead atoms. The van der Waals surface area contributed by atoms with Crippen LogP contribution in [0.5, 0.6) is 0 Å². The number of aromatic amines is 1. The summed E-state index contributed by atoms with van der Waals surface area (Å²) in [6.07, 6.45) is -4.63. The van der Waals surface area contributed by atoms with E-state index in [4.69, 9.17) is 5.73 Å². The first-order valence-corrected chi connectivity index (χ1v) is 7.27. The third-order valence-corrected chi connectivity index (χ3v) is 4.70. The smallest absolute Gasteiger partial charge is 0.326 e. The highest BCUT2D eigenvalue weighted by Gasteiger charge is 2.40. The minimum Gasteiger partial charge on any atom is -0.326 e. The van der Waals surface area contributed by atoms with E-state index in [-0.39, 0.29) is 12.1 Å². The quantitative estimate of drug-likeness (QED) is 0.852. The molecule has 0 unspecified atom stereocenters. The monoisotopic (exact) mass is 314 g/mol. The molecule has 0 fully saturated rings. The second-order valence-electron chi connectivity index (χ2n) is 4.60. The Morgan fingerprint density at radius 1 is 1.40 bits per heavy atom. The molecule has 1 aromatic rings. The van der Waals surface area contributed by atoms with Crippen LogP contribution in [0.1, 0.15) is 25.1 Å². The molecular formula is C10H17F3N4O2S. The number of sulfonamides is 1. The van der Waals surface area contributed by atoms with Crippen LogP contribution in [0.15, 0.2) is 5.03 Å². The number of hydrogen-bond acceptors (Lipinski definition) is 4. The summed E-state index contributed by atoms with van der Waals surface area (Å²) < 4.78 is 62.7. The van der Waals surface area contributed by atoms with Crippen molar-refractivity contribution in [3.8, 4) is 0 Å². The molecular weight excluding hydrogens is 297 g/mol. The Bertz CT molecular complexity index is 566. The Balaban J connectivity index is 3.30. The fraction of sp³-hybridized carbons (Fsp3) is 0.700. The van der Waals surface area contributed by atoms with Gasteiger partial charge >= 0.3 is 6.18 Å². The van der Waals surface area contributed by atoms with E-state index in [1.807, 2.05) is 0 Å². The van der Waals surface area contributed by atoms with Crippen LogP contribution in [0.4, 0.5) is 13.2 Å². The molecule has 0 radical (unpaired) electrons. The molecule has 1 heterocycles. The standard InChI is InChI=1S/C10H17F3N4O2S/c1-6(2)17(5-10(11,12)13)20(18,19)9-8(4-14)7(3)15-16-9/h6H,4-5,14H2,1-3H3,(H,15,16). The van der Waals surface area contributed by atoms with E-state index >= 15 is 0 Å². The molecule has 0 aliphatic carbocycles. The van der Waals surface area contributed by atoms with Crippen molar-refractivity contribution in [1.82, 2.24) is 14.5 Å². The number of aryl methyl sites for hydroxylation is 1. The SMILES string of the molecule is Cc1[nH]nc(S(=O)(=O)N(CC(F)(F)F)C(C)C)c1CN. The van der Waals surface area contributed by atoms with Crippen LogP contribution in [0, 0.1) is 6.92 Å². The first kappa shape index (κ1) is 16.9. The fourth-order valence-corrected chi connectivity index (χ4v) is 3.52. The number of nitrogens with two attached hydrogens (primary N) is 1. The maximum atomic E-state index is 12.5. The lowest BCUT2D eigenvalue weighted by molar-refractivity contribution is -0.138. The van der Waals surface area contributed by atoms with Crippen molar-refractivity contribution in [3.05, 3.63) is 11.3 Å². The van der Waals surface area contributed by atoms with Crippen LogP contribution in [0.2, 0.25) is 0 Å². The zero-order chi connectivity index (χ0) is 15.7. The summed E-state index contributed by atoms with van der Waals surface area (Å²) >= 11 is 0. The van der Waals surface area contributed by atoms with E-state index in [2.05, 4.69) is 10.2 Å². The predicted octanol–water partition coefficient (Wildman–Crippen LogP) is 1.14. The summed E-state index contributed by atoms with van der Waals surface area (Å²) in [6.45, 7) is 2.59. The van der Waals surface area contributed by atoms with E-state index < -0.39 is 33.8 Å². The van der Waals surface area contributed by atoms with E-state index in [0.29, 0.717) is 10.00 Å². The molecule has 0 aliphatic heterocycles. The summed E-state index contributed by atoms with van der Waals surface area (Å²) in [7, 11) is -4.36. The lowest BCUT2D eigenvalue weighted by Gasteiger charge is -2.26. The van der Waals surface area contributed by atoms with Gasteiger partial charge < -0.3 is 5.73 Å². The molecule has 116 valence electrons. The molecule has 0 saturated heterocycles. The lowest BCUT2D eigenvalue weighted by atomic mass is 10.3. The van der Waals surface area contributed by atoms with Crippen LogP contribution < -0.4 is 5.73 Å². The van der Waals surface area contributed by atoms with Gasteiger partial charge in [-0.15, -0.1) is 0 Å². The fourth-order valence-electron chi connectivity index (χ4n) is 1.72. The third kappa shape index (κ3) is 3.49. The minimum atomic E-state index is -4.63. The van der Waals surface area contributed by atoms with Gasteiger partial charge in [-0.05, 0) is 20.8 Å². The van der Waals surface area contributed by atoms with Crippen molar-refractivity contribution < 1.29 is 21.6 Å². The molecule has 3 N–H and O–H groups in total. The maximum Gasteiger partial charge on any atom is 0.402 e. The van der Waals surface area contributed by atoms with E-state index in [1.54, 1.807) is 6.92 Å². The summed E-state index contributed by atoms with van der Waals surface area (Å²) in [5.74, 6) is 0. The number of nitrogens with zero attached hydrogens (tertiary/aromatic N) is 2. The van der Waals surface area contributed by atoms with Crippen LogP contribution in [0.3, 0.4) is 0 Å². The largest absolute Gasteiger partial charge is 0.402 e. The molecule has 0 aliphatic rings. The molecule has 1 rings (SSSR count). The van der Waals surface area contributed by atoms with Crippen molar-refractivity contribution in [1.29, 1.82) is 0 Å². The molecule has 0 aromatic carbocycles. The highest BCUT2D eigenvalue weighted by molar-refractivity contribution is 7.89. The number of hydrogen-bond donors (Lipinski definition) is 2. The number of alkyl halides is 3. The van der Waals surface area contributed by atoms with Gasteiger partial charge in [-0.2, -0.15) is 22.6 Å². The van der Waals surface area contributed by atoms with Gasteiger partial charge in [-0.1, -0.05) is 0 Å². The number of aromatic nitrogens is 2. The average Bonchev–Trinajstić information content (AvgIpc) is 2.66. The van der Waals surface area contributed by atoms with Crippen molar-refractivity contribution in [2.75, 3.05) is 6.54 Å². The normalized spacial score (nSPS) is 13.4. The molecule has 0 spiro atoms. The highest BCUT2D eigenvalue weighted by Crippen LogP contribution is 2.26. The first-order chi connectivity index (χ1) is 9.00. The maximum absolute atomic E-state index is 12.5. The molecule has 10 heteroatoms. The third-order valence-electron chi connectivity index (χ3n) is 2.70. The first-order valence-electron chi connectivity index (χ1n) is 5.83. The molecule has 6 nitrogen and oxygen atoms in total. The van der Waals surface area contributed by atoms with E-state index in [1.165, 1.54) is 13.8 Å². The topological polar surface area (TPSA) is 92.1 Å². The highest BCUT2D eigenvalue weighted by atomic mass is 32.2. The molecule has 20 heavy (non-hydrogen) atoms. The Morgan fingerprint density at radius 3 is 2.35 bits per heavy atom. The van der Waals surface area contributed by atoms with Gasteiger partial charge in [0.05, 0.1) is 0 Å². The second kappa shape index (κ2) is 5.70. The van der Waals surface area contributed by atoms with Crippen LogP contribution in [-0.2, 0) is 16.6 Å². The zero-order valence-electron chi connectivity index (χ0n) is 11.3. The van der Waals surface area contributed by atoms with Gasteiger partial charge in [0.15, 0.2) is 5.03 Å². The van der Waals surface area contributed by atoms with E-state index in [9.17, 15) is 21.6 Å². The number of nitrogens with one attached hydrogen (secondary N) is 1. The Labute approximate surface area is 115 Å². The van der Waals surface area contributed by atoms with Crippen molar-refractivity contribution in [2.45, 2.75) is 44.6 Å². The van der Waals surface area contributed by atoms with Crippen LogP contribution >= 0.6 is 0 Å². The summed E-state index contributed by atoms with van der Waals surface area (Å²) in [6, 6.07) is -0.857. The minimum absolute atomic E-state index is 0.130. The van der Waals surface area contributed by atoms with Gasteiger partial charge in [0.25, 0.3) is 10.0 Å². The van der Waals surface area contributed by atoms with E-state index in [0.717, 1.165) is 0 Å². The number of halogens is 3. The predicted molar refractivity (Wildman–Crippen MR) is 66.3 cm³/mol. The van der Waals surface area contributed by atoms with Crippen molar-refractivity contribution in [2.24, 2.45) is 5.73 Å². The summed E-state index contributed by atoms with van der Waals surface area (Å²) in [5, 5.41) is 5.57. The second-order valence-corrected chi connectivity index (χ2v) is 6.40. The molecule has 0 saturated carbocycles. The number of rotatable bonds is 5. The van der Waals surface area contributed by atoms with Gasteiger partial charge in [0.1, 0.15) is 6.54 Å². The molecule has 1 aromatic heterocycles. The van der Waals surface area contributed by atoms with Crippen LogP contribution in [0.25, 0.3) is 0 Å². The number of H-pyrrole nitrogens is 1. The van der Waals surface area contributed by atoms with Crippen LogP contribution in [-0.4, -0.2) is 41.7 Å².